The average molecular weight is 286 g/mol. The first-order valence-electron chi connectivity index (χ1n) is 7.77. The molecule has 1 N–H and O–H groups in total. The lowest BCUT2D eigenvalue weighted by molar-refractivity contribution is 0.0356. The van der Waals surface area contributed by atoms with Crippen LogP contribution < -0.4 is 0 Å². The predicted octanol–water partition coefficient (Wildman–Crippen LogP) is 2.99. The molecule has 2 rings (SSSR count). The highest BCUT2D eigenvalue weighted by atomic mass is 28.4. The van der Waals surface area contributed by atoms with E-state index in [4.69, 9.17) is 4.43 Å². The van der Waals surface area contributed by atoms with Gasteiger partial charge in [-0.05, 0) is 44.4 Å². The maximum Gasteiger partial charge on any atom is 0.192 e. The van der Waals surface area contributed by atoms with E-state index in [0.717, 1.165) is 6.54 Å². The SMILES string of the molecule is C[C@H]1[C@H](O)[C@@H](O[Si](C)(C)C(C)(C)C)[C@H]2CCCCN21. The van der Waals surface area contributed by atoms with Crippen LogP contribution in [0, 0.1) is 0 Å². The Kier molecular flexibility index (Phi) is 4.18. The smallest absolute Gasteiger partial charge is 0.192 e. The third-order valence-electron chi connectivity index (χ3n) is 5.56. The van der Waals surface area contributed by atoms with E-state index in [1.807, 2.05) is 0 Å². The van der Waals surface area contributed by atoms with Gasteiger partial charge in [-0.3, -0.25) is 4.90 Å². The lowest BCUT2D eigenvalue weighted by atomic mass is 10.0. The largest absolute Gasteiger partial charge is 0.410 e. The van der Waals surface area contributed by atoms with Gasteiger partial charge in [0.2, 0.25) is 0 Å². The number of nitrogens with zero attached hydrogens (tertiary/aromatic N) is 1. The fourth-order valence-corrected chi connectivity index (χ4v) is 4.53. The second-order valence-electron chi connectivity index (χ2n) is 7.87. The number of piperidine rings is 1. The Bertz CT molecular complexity index is 327. The summed E-state index contributed by atoms with van der Waals surface area (Å²) in [5.74, 6) is 0. The Morgan fingerprint density at radius 2 is 1.84 bits per heavy atom. The molecule has 0 amide bonds. The predicted molar refractivity (Wildman–Crippen MR) is 81.9 cm³/mol. The topological polar surface area (TPSA) is 32.7 Å². The van der Waals surface area contributed by atoms with Crippen molar-refractivity contribution < 1.29 is 9.53 Å². The van der Waals surface area contributed by atoms with Gasteiger partial charge in [0.15, 0.2) is 8.32 Å². The molecule has 0 saturated carbocycles. The fraction of sp³-hybridized carbons (Fsp3) is 1.00. The van der Waals surface area contributed by atoms with Crippen molar-refractivity contribution in [3.8, 4) is 0 Å². The molecule has 19 heavy (non-hydrogen) atoms. The van der Waals surface area contributed by atoms with Gasteiger partial charge in [0.1, 0.15) is 0 Å². The van der Waals surface area contributed by atoms with Crippen LogP contribution in [0.5, 0.6) is 0 Å². The van der Waals surface area contributed by atoms with Crippen molar-refractivity contribution in [2.24, 2.45) is 0 Å². The zero-order chi connectivity index (χ0) is 14.4. The summed E-state index contributed by atoms with van der Waals surface area (Å²) in [5, 5.41) is 10.8. The van der Waals surface area contributed by atoms with Gasteiger partial charge in [0.05, 0.1) is 12.2 Å². The Hall–Kier alpha value is 0.0969. The molecule has 0 spiro atoms. The monoisotopic (exact) mass is 285 g/mol. The lowest BCUT2D eigenvalue weighted by Crippen LogP contribution is -2.50. The number of rotatable bonds is 2. The number of hydrogen-bond donors (Lipinski definition) is 1. The highest BCUT2D eigenvalue weighted by molar-refractivity contribution is 6.74. The molecule has 0 aromatic rings. The van der Waals surface area contributed by atoms with E-state index in [1.165, 1.54) is 19.3 Å². The van der Waals surface area contributed by atoms with E-state index in [-0.39, 0.29) is 23.3 Å². The standard InChI is InChI=1S/C15H31NO2Si/c1-11-13(17)14(12-9-7-8-10-16(11)12)18-19(5,6)15(2,3)4/h11-14,17H,7-10H2,1-6H3/t11-,12+,13-,14-/m0/s1. The van der Waals surface area contributed by atoms with Crippen molar-refractivity contribution >= 4 is 8.32 Å². The Labute approximate surface area is 119 Å². The molecule has 2 aliphatic heterocycles. The summed E-state index contributed by atoms with van der Waals surface area (Å²) in [6.45, 7) is 14.7. The van der Waals surface area contributed by atoms with Crippen LogP contribution in [0.1, 0.15) is 47.0 Å². The third kappa shape index (κ3) is 2.78. The molecule has 0 aliphatic carbocycles. The lowest BCUT2D eigenvalue weighted by Gasteiger charge is -2.41. The van der Waals surface area contributed by atoms with Crippen molar-refractivity contribution in [3.63, 3.8) is 0 Å². The first kappa shape index (κ1) is 15.5. The van der Waals surface area contributed by atoms with Crippen LogP contribution in [0.15, 0.2) is 0 Å². The van der Waals surface area contributed by atoms with E-state index in [2.05, 4.69) is 45.7 Å². The van der Waals surface area contributed by atoms with Crippen LogP contribution in [-0.4, -0.2) is 49.2 Å². The molecule has 112 valence electrons. The normalized spacial score (nSPS) is 37.4. The molecule has 4 heteroatoms. The molecule has 0 radical (unpaired) electrons. The molecular formula is C15H31NO2Si. The number of hydrogen-bond acceptors (Lipinski definition) is 3. The summed E-state index contributed by atoms with van der Waals surface area (Å²) in [5.41, 5.74) is 0. The Morgan fingerprint density at radius 3 is 2.42 bits per heavy atom. The second kappa shape index (κ2) is 5.13. The molecule has 2 heterocycles. The molecule has 4 atom stereocenters. The summed E-state index contributed by atoms with van der Waals surface area (Å²) in [7, 11) is -1.80. The van der Waals surface area contributed by atoms with Crippen LogP contribution >= 0.6 is 0 Å². The van der Waals surface area contributed by atoms with Crippen LogP contribution in [0.25, 0.3) is 0 Å². The van der Waals surface area contributed by atoms with E-state index in [1.54, 1.807) is 0 Å². The van der Waals surface area contributed by atoms with Gasteiger partial charge in [-0.25, -0.2) is 0 Å². The maximum atomic E-state index is 10.6. The van der Waals surface area contributed by atoms with Crippen molar-refractivity contribution in [3.05, 3.63) is 0 Å². The van der Waals surface area contributed by atoms with E-state index in [0.29, 0.717) is 6.04 Å². The van der Waals surface area contributed by atoms with Crippen LogP contribution in [0.3, 0.4) is 0 Å². The zero-order valence-electron chi connectivity index (χ0n) is 13.4. The summed E-state index contributed by atoms with van der Waals surface area (Å²) in [4.78, 5) is 2.48. The number of aliphatic hydroxyl groups excluding tert-OH is 1. The molecule has 3 nitrogen and oxygen atoms in total. The van der Waals surface area contributed by atoms with Crippen LogP contribution in [0.4, 0.5) is 0 Å². The van der Waals surface area contributed by atoms with Crippen LogP contribution in [-0.2, 0) is 4.43 Å². The van der Waals surface area contributed by atoms with Crippen molar-refractivity contribution in [2.45, 2.75) is 89.4 Å². The quantitative estimate of drug-likeness (QED) is 0.792. The minimum Gasteiger partial charge on any atom is -0.410 e. The summed E-state index contributed by atoms with van der Waals surface area (Å²) < 4.78 is 6.56. The van der Waals surface area contributed by atoms with Gasteiger partial charge in [0.25, 0.3) is 0 Å². The summed E-state index contributed by atoms with van der Waals surface area (Å²) in [6, 6.07) is 0.688. The van der Waals surface area contributed by atoms with E-state index < -0.39 is 8.32 Å². The fourth-order valence-electron chi connectivity index (χ4n) is 3.20. The highest BCUT2D eigenvalue weighted by Gasteiger charge is 2.51. The molecular weight excluding hydrogens is 254 g/mol. The van der Waals surface area contributed by atoms with E-state index >= 15 is 0 Å². The van der Waals surface area contributed by atoms with Gasteiger partial charge < -0.3 is 9.53 Å². The first-order valence-corrected chi connectivity index (χ1v) is 10.7. The van der Waals surface area contributed by atoms with Gasteiger partial charge in [-0.1, -0.05) is 27.2 Å². The highest BCUT2D eigenvalue weighted by Crippen LogP contribution is 2.41. The number of fused-ring (bicyclic) bond motifs is 1. The second-order valence-corrected chi connectivity index (χ2v) is 12.6. The Balaban J connectivity index is 2.15. The van der Waals surface area contributed by atoms with Crippen molar-refractivity contribution in [1.29, 1.82) is 0 Å². The molecule has 0 aromatic heterocycles. The molecule has 0 aromatic carbocycles. The van der Waals surface area contributed by atoms with Crippen LogP contribution in [0.2, 0.25) is 18.1 Å². The third-order valence-corrected chi connectivity index (χ3v) is 10.0. The van der Waals surface area contributed by atoms with Gasteiger partial charge in [-0.15, -0.1) is 0 Å². The first-order chi connectivity index (χ1) is 8.65. The molecule has 2 fully saturated rings. The molecule has 2 aliphatic rings. The van der Waals surface area contributed by atoms with Gasteiger partial charge in [0, 0.05) is 12.1 Å². The summed E-state index contributed by atoms with van der Waals surface area (Å²) >= 11 is 0. The van der Waals surface area contributed by atoms with Gasteiger partial charge in [-0.2, -0.15) is 0 Å². The average Bonchev–Trinajstić information content (AvgIpc) is 2.54. The zero-order valence-corrected chi connectivity index (χ0v) is 14.4. The maximum absolute atomic E-state index is 10.6. The minimum absolute atomic E-state index is 0.0243. The van der Waals surface area contributed by atoms with Crippen molar-refractivity contribution in [1.82, 2.24) is 4.90 Å². The molecule has 2 saturated heterocycles. The van der Waals surface area contributed by atoms with Crippen molar-refractivity contribution in [2.75, 3.05) is 6.54 Å². The minimum atomic E-state index is -1.80. The molecule has 0 bridgehead atoms. The van der Waals surface area contributed by atoms with Gasteiger partial charge >= 0.3 is 0 Å². The van der Waals surface area contributed by atoms with E-state index in [9.17, 15) is 5.11 Å². The Morgan fingerprint density at radius 1 is 1.21 bits per heavy atom. The number of aliphatic hydroxyl groups is 1. The summed E-state index contributed by atoms with van der Waals surface area (Å²) in [6.07, 6.45) is 3.42. The molecule has 0 unspecified atom stereocenters.